The van der Waals surface area contributed by atoms with Crippen LogP contribution in [0.4, 0.5) is 5.69 Å². The van der Waals surface area contributed by atoms with Crippen molar-refractivity contribution >= 4 is 38.4 Å². The highest BCUT2D eigenvalue weighted by Crippen LogP contribution is 2.33. The van der Waals surface area contributed by atoms with Gasteiger partial charge in [-0.05, 0) is 41.3 Å². The van der Waals surface area contributed by atoms with Crippen LogP contribution in [0.3, 0.4) is 0 Å². The van der Waals surface area contributed by atoms with Gasteiger partial charge in [0.15, 0.2) is 0 Å². The number of benzene rings is 3. The highest BCUT2D eigenvalue weighted by molar-refractivity contribution is 7.85. The van der Waals surface area contributed by atoms with Gasteiger partial charge in [-0.2, -0.15) is 0 Å². The predicted octanol–water partition coefficient (Wildman–Crippen LogP) is 2.61. The SMILES string of the molecule is CN(C)c1ccc(CN2C(=O)c3cccc4cc(S(=O)(=O)[O-])cc(c34)C2=O)cc1. The van der Waals surface area contributed by atoms with Gasteiger partial charge in [0.25, 0.3) is 11.8 Å². The third kappa shape index (κ3) is 3.26. The second-order valence-electron chi connectivity index (χ2n) is 7.09. The second kappa shape index (κ2) is 6.68. The van der Waals surface area contributed by atoms with E-state index < -0.39 is 26.8 Å². The fourth-order valence-electron chi connectivity index (χ4n) is 3.50. The van der Waals surface area contributed by atoms with Crippen LogP contribution in [0, 0.1) is 0 Å². The van der Waals surface area contributed by atoms with E-state index in [4.69, 9.17) is 0 Å². The Kier molecular flexibility index (Phi) is 4.40. The monoisotopic (exact) mass is 409 g/mol. The Morgan fingerprint density at radius 2 is 1.59 bits per heavy atom. The van der Waals surface area contributed by atoms with Crippen molar-refractivity contribution in [2.24, 2.45) is 0 Å². The summed E-state index contributed by atoms with van der Waals surface area (Å²) in [7, 11) is -0.935. The van der Waals surface area contributed by atoms with Crippen LogP contribution in [0.2, 0.25) is 0 Å². The Bertz CT molecular complexity index is 1260. The molecule has 148 valence electrons. The predicted molar refractivity (Wildman–Crippen MR) is 107 cm³/mol. The summed E-state index contributed by atoms with van der Waals surface area (Å²) in [6.45, 7) is 0.0373. The number of hydrogen-bond acceptors (Lipinski definition) is 6. The maximum atomic E-state index is 13.1. The van der Waals surface area contributed by atoms with E-state index in [2.05, 4.69) is 0 Å². The molecule has 1 aliphatic heterocycles. The second-order valence-corrected chi connectivity index (χ2v) is 8.47. The first-order valence-corrected chi connectivity index (χ1v) is 10.2. The number of rotatable bonds is 4. The molecule has 0 saturated carbocycles. The molecule has 0 saturated heterocycles. The summed E-state index contributed by atoms with van der Waals surface area (Å²) >= 11 is 0. The van der Waals surface area contributed by atoms with E-state index in [9.17, 15) is 22.6 Å². The molecular formula is C21H17N2O5S-. The summed E-state index contributed by atoms with van der Waals surface area (Å²) < 4.78 is 34.6. The molecule has 1 aliphatic rings. The van der Waals surface area contributed by atoms with E-state index in [1.165, 1.54) is 6.07 Å². The van der Waals surface area contributed by atoms with Crippen molar-refractivity contribution in [2.45, 2.75) is 11.4 Å². The smallest absolute Gasteiger partial charge is 0.261 e. The molecule has 0 unspecified atom stereocenters. The average molecular weight is 409 g/mol. The van der Waals surface area contributed by atoms with E-state index in [1.807, 2.05) is 43.3 Å². The summed E-state index contributed by atoms with van der Waals surface area (Å²) in [6, 6.07) is 14.4. The van der Waals surface area contributed by atoms with Crippen LogP contribution >= 0.6 is 0 Å². The Balaban J connectivity index is 1.81. The van der Waals surface area contributed by atoms with Crippen LogP contribution < -0.4 is 4.90 Å². The average Bonchev–Trinajstić information content (AvgIpc) is 2.68. The Labute approximate surface area is 167 Å². The molecule has 0 fully saturated rings. The van der Waals surface area contributed by atoms with Crippen molar-refractivity contribution in [3.8, 4) is 0 Å². The van der Waals surface area contributed by atoms with Crippen LogP contribution in [-0.2, 0) is 16.7 Å². The summed E-state index contributed by atoms with van der Waals surface area (Å²) in [5.41, 5.74) is 2.07. The summed E-state index contributed by atoms with van der Waals surface area (Å²) in [5.74, 6) is -1.08. The van der Waals surface area contributed by atoms with E-state index in [0.29, 0.717) is 16.3 Å². The van der Waals surface area contributed by atoms with Gasteiger partial charge in [-0.15, -0.1) is 0 Å². The first kappa shape index (κ1) is 19.1. The van der Waals surface area contributed by atoms with Crippen molar-refractivity contribution in [1.82, 2.24) is 4.90 Å². The molecule has 0 aliphatic carbocycles. The first-order chi connectivity index (χ1) is 13.7. The summed E-state index contributed by atoms with van der Waals surface area (Å²) in [6.07, 6.45) is 0. The van der Waals surface area contributed by atoms with Crippen LogP contribution in [0.5, 0.6) is 0 Å². The number of imide groups is 1. The third-order valence-corrected chi connectivity index (χ3v) is 5.80. The molecule has 0 atom stereocenters. The van der Waals surface area contributed by atoms with Crippen molar-refractivity contribution in [3.63, 3.8) is 0 Å². The van der Waals surface area contributed by atoms with Gasteiger partial charge in [0, 0.05) is 36.3 Å². The molecular weight excluding hydrogens is 392 g/mol. The zero-order valence-electron chi connectivity index (χ0n) is 15.7. The van der Waals surface area contributed by atoms with E-state index in [0.717, 1.165) is 22.2 Å². The van der Waals surface area contributed by atoms with Crippen LogP contribution in [0.1, 0.15) is 26.3 Å². The largest absolute Gasteiger partial charge is 0.744 e. The van der Waals surface area contributed by atoms with Gasteiger partial charge in [0.2, 0.25) is 0 Å². The normalized spacial score (nSPS) is 13.8. The highest BCUT2D eigenvalue weighted by atomic mass is 32.2. The molecule has 2 amide bonds. The molecule has 0 spiro atoms. The minimum atomic E-state index is -4.75. The fraction of sp³-hybridized carbons (Fsp3) is 0.143. The lowest BCUT2D eigenvalue weighted by Crippen LogP contribution is -2.39. The third-order valence-electron chi connectivity index (χ3n) is 4.98. The van der Waals surface area contributed by atoms with Gasteiger partial charge in [-0.3, -0.25) is 14.5 Å². The summed E-state index contributed by atoms with van der Waals surface area (Å²) in [4.78, 5) is 28.6. The Morgan fingerprint density at radius 1 is 0.931 bits per heavy atom. The Hall–Kier alpha value is -3.23. The van der Waals surface area contributed by atoms with Crippen LogP contribution in [-0.4, -0.2) is 43.8 Å². The molecule has 0 aromatic heterocycles. The van der Waals surface area contributed by atoms with E-state index >= 15 is 0 Å². The topological polar surface area (TPSA) is 97.8 Å². The molecule has 29 heavy (non-hydrogen) atoms. The van der Waals surface area contributed by atoms with Crippen molar-refractivity contribution in [1.29, 1.82) is 0 Å². The molecule has 0 N–H and O–H groups in total. The quantitative estimate of drug-likeness (QED) is 0.485. The molecule has 3 aromatic rings. The highest BCUT2D eigenvalue weighted by Gasteiger charge is 2.33. The molecule has 7 nitrogen and oxygen atoms in total. The molecule has 0 radical (unpaired) electrons. The van der Waals surface area contributed by atoms with Crippen LogP contribution in [0.25, 0.3) is 10.8 Å². The van der Waals surface area contributed by atoms with Crippen molar-refractivity contribution in [2.75, 3.05) is 19.0 Å². The van der Waals surface area contributed by atoms with Crippen molar-refractivity contribution < 1.29 is 22.6 Å². The van der Waals surface area contributed by atoms with Gasteiger partial charge < -0.3 is 9.45 Å². The number of amides is 2. The summed E-state index contributed by atoms with van der Waals surface area (Å²) in [5, 5.41) is 0.736. The molecule has 3 aromatic carbocycles. The lowest BCUT2D eigenvalue weighted by atomic mass is 9.94. The zero-order chi connectivity index (χ0) is 20.9. The van der Waals surface area contributed by atoms with Gasteiger partial charge in [0.05, 0.1) is 11.4 Å². The van der Waals surface area contributed by atoms with Gasteiger partial charge >= 0.3 is 0 Å². The molecule has 1 heterocycles. The standard InChI is InChI=1S/C21H18N2O5S/c1-22(2)15-8-6-13(7-9-15)12-23-20(24)17-5-3-4-14-10-16(29(26,27)28)11-18(19(14)17)21(23)25/h3-11H,12H2,1-2H3,(H,26,27,28)/p-1. The van der Waals surface area contributed by atoms with E-state index in [1.54, 1.807) is 18.2 Å². The molecule has 0 bridgehead atoms. The number of nitrogens with zero attached hydrogens (tertiary/aromatic N) is 2. The minimum absolute atomic E-state index is 0.0373. The number of carbonyl (C=O) groups is 2. The molecule has 4 rings (SSSR count). The number of anilines is 1. The zero-order valence-corrected chi connectivity index (χ0v) is 16.6. The minimum Gasteiger partial charge on any atom is -0.744 e. The fourth-order valence-corrected chi connectivity index (χ4v) is 4.03. The maximum absolute atomic E-state index is 13.1. The lowest BCUT2D eigenvalue weighted by molar-refractivity contribution is 0.0598. The van der Waals surface area contributed by atoms with Crippen LogP contribution in [0.15, 0.2) is 59.5 Å². The maximum Gasteiger partial charge on any atom is 0.261 e. The van der Waals surface area contributed by atoms with Crippen molar-refractivity contribution in [3.05, 3.63) is 71.3 Å². The number of carbonyl (C=O) groups excluding carboxylic acids is 2. The lowest BCUT2D eigenvalue weighted by Gasteiger charge is -2.28. The Morgan fingerprint density at radius 3 is 2.21 bits per heavy atom. The van der Waals surface area contributed by atoms with Gasteiger partial charge in [-0.25, -0.2) is 8.42 Å². The molecule has 8 heteroatoms. The van der Waals surface area contributed by atoms with Gasteiger partial charge in [0.1, 0.15) is 10.1 Å². The first-order valence-electron chi connectivity index (χ1n) is 8.82. The van der Waals surface area contributed by atoms with E-state index in [-0.39, 0.29) is 12.1 Å². The van der Waals surface area contributed by atoms with Gasteiger partial charge in [-0.1, -0.05) is 24.3 Å². The number of hydrogen-bond donors (Lipinski definition) is 0.